The first-order chi connectivity index (χ1) is 12.8. The average Bonchev–Trinajstić information content (AvgIpc) is 3.11. The standard InChI is InChI=1S/C19H14F3N3O2/c20-19(21,22)16-10-11-25(24-16)12-17(26)23-15-9-5-4-8-14(15)18(27)13-6-2-1-3-7-13/h1-11H,12H2,(H,23,26). The highest BCUT2D eigenvalue weighted by molar-refractivity contribution is 6.13. The third-order valence-corrected chi connectivity index (χ3v) is 3.72. The van der Waals surface area contributed by atoms with Crippen LogP contribution in [0.4, 0.5) is 18.9 Å². The van der Waals surface area contributed by atoms with Crippen molar-refractivity contribution >= 4 is 17.4 Å². The highest BCUT2D eigenvalue weighted by Crippen LogP contribution is 2.27. The molecule has 0 saturated heterocycles. The minimum atomic E-state index is -4.57. The average molecular weight is 373 g/mol. The normalized spacial score (nSPS) is 11.2. The second-order valence-electron chi connectivity index (χ2n) is 5.69. The molecule has 0 spiro atoms. The van der Waals surface area contributed by atoms with E-state index in [1.807, 2.05) is 0 Å². The number of ketones is 1. The molecule has 1 N–H and O–H groups in total. The van der Waals surface area contributed by atoms with Crippen LogP contribution in [-0.2, 0) is 17.5 Å². The van der Waals surface area contributed by atoms with Crippen molar-refractivity contribution in [2.24, 2.45) is 0 Å². The first kappa shape index (κ1) is 18.4. The smallest absolute Gasteiger partial charge is 0.324 e. The van der Waals surface area contributed by atoms with Crippen molar-refractivity contribution in [2.75, 3.05) is 5.32 Å². The van der Waals surface area contributed by atoms with Crippen molar-refractivity contribution in [3.8, 4) is 0 Å². The van der Waals surface area contributed by atoms with E-state index < -0.39 is 24.3 Å². The summed E-state index contributed by atoms with van der Waals surface area (Å²) in [5.41, 5.74) is -0.0518. The Balaban J connectivity index is 1.75. The number of aromatic nitrogens is 2. The molecule has 2 aromatic carbocycles. The first-order valence-electron chi connectivity index (χ1n) is 7.94. The topological polar surface area (TPSA) is 64.0 Å². The molecular formula is C19H14F3N3O2. The Kier molecular flexibility index (Phi) is 5.07. The Morgan fingerprint density at radius 3 is 2.30 bits per heavy atom. The van der Waals surface area contributed by atoms with Crippen LogP contribution in [0.1, 0.15) is 21.6 Å². The van der Waals surface area contributed by atoms with Gasteiger partial charge in [0.15, 0.2) is 11.5 Å². The molecular weight excluding hydrogens is 359 g/mol. The molecule has 27 heavy (non-hydrogen) atoms. The quantitative estimate of drug-likeness (QED) is 0.693. The van der Waals surface area contributed by atoms with Gasteiger partial charge in [-0.2, -0.15) is 18.3 Å². The first-order valence-corrected chi connectivity index (χ1v) is 7.94. The van der Waals surface area contributed by atoms with E-state index in [-0.39, 0.29) is 17.0 Å². The van der Waals surface area contributed by atoms with Gasteiger partial charge in [0.1, 0.15) is 6.54 Å². The molecule has 3 aromatic rings. The highest BCUT2D eigenvalue weighted by Gasteiger charge is 2.33. The highest BCUT2D eigenvalue weighted by atomic mass is 19.4. The largest absolute Gasteiger partial charge is 0.435 e. The van der Waals surface area contributed by atoms with E-state index in [9.17, 15) is 22.8 Å². The zero-order valence-corrected chi connectivity index (χ0v) is 13.9. The van der Waals surface area contributed by atoms with Crippen LogP contribution in [0.5, 0.6) is 0 Å². The third-order valence-electron chi connectivity index (χ3n) is 3.72. The second-order valence-corrected chi connectivity index (χ2v) is 5.69. The number of rotatable bonds is 5. The van der Waals surface area contributed by atoms with E-state index in [2.05, 4.69) is 10.4 Å². The molecule has 1 aromatic heterocycles. The summed E-state index contributed by atoms with van der Waals surface area (Å²) in [4.78, 5) is 24.8. The number of benzene rings is 2. The molecule has 5 nitrogen and oxygen atoms in total. The molecule has 8 heteroatoms. The lowest BCUT2D eigenvalue weighted by Gasteiger charge is -2.10. The van der Waals surface area contributed by atoms with E-state index in [4.69, 9.17) is 0 Å². The lowest BCUT2D eigenvalue weighted by Crippen LogP contribution is -2.21. The van der Waals surface area contributed by atoms with E-state index in [0.717, 1.165) is 16.9 Å². The number of nitrogens with zero attached hydrogens (tertiary/aromatic N) is 2. The number of hydrogen-bond donors (Lipinski definition) is 1. The summed E-state index contributed by atoms with van der Waals surface area (Å²) in [6, 6.07) is 15.8. The molecule has 0 atom stereocenters. The molecule has 1 heterocycles. The van der Waals surface area contributed by atoms with Gasteiger partial charge in [-0.3, -0.25) is 14.3 Å². The monoisotopic (exact) mass is 373 g/mol. The van der Waals surface area contributed by atoms with Crippen LogP contribution in [-0.4, -0.2) is 21.5 Å². The number of carbonyl (C=O) groups excluding carboxylic acids is 2. The summed E-state index contributed by atoms with van der Waals surface area (Å²) < 4.78 is 38.6. The Labute approximate surface area is 152 Å². The van der Waals surface area contributed by atoms with Gasteiger partial charge >= 0.3 is 6.18 Å². The van der Waals surface area contributed by atoms with Crippen molar-refractivity contribution in [3.63, 3.8) is 0 Å². The Bertz CT molecular complexity index is 966. The minimum Gasteiger partial charge on any atom is -0.324 e. The molecule has 1 amide bonds. The summed E-state index contributed by atoms with van der Waals surface area (Å²) in [5.74, 6) is -0.870. The molecule has 3 rings (SSSR count). The lowest BCUT2D eigenvalue weighted by atomic mass is 10.0. The van der Waals surface area contributed by atoms with Crippen LogP contribution < -0.4 is 5.32 Å². The van der Waals surface area contributed by atoms with Gasteiger partial charge in [0.05, 0.1) is 5.69 Å². The molecule has 0 aliphatic rings. The lowest BCUT2D eigenvalue weighted by molar-refractivity contribution is -0.141. The second kappa shape index (κ2) is 7.45. The van der Waals surface area contributed by atoms with Crippen molar-refractivity contribution in [2.45, 2.75) is 12.7 Å². The number of hydrogen-bond acceptors (Lipinski definition) is 3. The maximum atomic E-state index is 12.6. The van der Waals surface area contributed by atoms with Gasteiger partial charge < -0.3 is 5.32 Å². The number of alkyl halides is 3. The molecule has 0 aliphatic carbocycles. The fraction of sp³-hybridized carbons (Fsp3) is 0.105. The van der Waals surface area contributed by atoms with Crippen molar-refractivity contribution in [1.82, 2.24) is 9.78 Å². The fourth-order valence-corrected chi connectivity index (χ4v) is 2.47. The molecule has 0 saturated carbocycles. The summed E-state index contributed by atoms with van der Waals surface area (Å²) >= 11 is 0. The van der Waals surface area contributed by atoms with Crippen LogP contribution in [0.3, 0.4) is 0 Å². The van der Waals surface area contributed by atoms with Gasteiger partial charge in [0.2, 0.25) is 5.91 Å². The predicted octanol–water partition coefficient (Wildman–Crippen LogP) is 3.77. The number of anilines is 1. The van der Waals surface area contributed by atoms with Gasteiger partial charge in [0, 0.05) is 17.3 Å². The van der Waals surface area contributed by atoms with Gasteiger partial charge in [-0.25, -0.2) is 0 Å². The van der Waals surface area contributed by atoms with Gasteiger partial charge in [-0.15, -0.1) is 0 Å². The van der Waals surface area contributed by atoms with Gasteiger partial charge in [-0.1, -0.05) is 42.5 Å². The van der Waals surface area contributed by atoms with Crippen LogP contribution in [0.25, 0.3) is 0 Å². The minimum absolute atomic E-state index is 0.273. The number of carbonyl (C=O) groups is 2. The van der Waals surface area contributed by atoms with E-state index >= 15 is 0 Å². The fourth-order valence-electron chi connectivity index (χ4n) is 2.47. The number of nitrogens with one attached hydrogen (secondary N) is 1. The summed E-state index contributed by atoms with van der Waals surface area (Å²) in [5, 5.41) is 5.89. The van der Waals surface area contributed by atoms with E-state index in [1.54, 1.807) is 54.6 Å². The molecule has 0 radical (unpaired) electrons. The van der Waals surface area contributed by atoms with Crippen molar-refractivity contribution < 1.29 is 22.8 Å². The molecule has 0 bridgehead atoms. The molecule has 0 unspecified atom stereocenters. The maximum absolute atomic E-state index is 12.6. The maximum Gasteiger partial charge on any atom is 0.435 e. The van der Waals surface area contributed by atoms with E-state index in [0.29, 0.717) is 5.56 Å². The predicted molar refractivity (Wildman–Crippen MR) is 92.2 cm³/mol. The molecule has 0 fully saturated rings. The van der Waals surface area contributed by atoms with Gasteiger partial charge in [0.25, 0.3) is 0 Å². The number of amides is 1. The van der Waals surface area contributed by atoms with Gasteiger partial charge in [-0.05, 0) is 18.2 Å². The van der Waals surface area contributed by atoms with Crippen LogP contribution >= 0.6 is 0 Å². The third kappa shape index (κ3) is 4.41. The Morgan fingerprint density at radius 2 is 1.63 bits per heavy atom. The molecule has 0 aliphatic heterocycles. The van der Waals surface area contributed by atoms with Crippen molar-refractivity contribution in [1.29, 1.82) is 0 Å². The summed E-state index contributed by atoms with van der Waals surface area (Å²) in [6.45, 7) is -0.413. The molecule has 138 valence electrons. The zero-order chi connectivity index (χ0) is 19.4. The number of halogens is 3. The SMILES string of the molecule is O=C(Cn1ccc(C(F)(F)F)n1)Nc1ccccc1C(=O)c1ccccc1. The van der Waals surface area contributed by atoms with Crippen LogP contribution in [0.2, 0.25) is 0 Å². The summed E-state index contributed by atoms with van der Waals surface area (Å²) in [7, 11) is 0. The zero-order valence-electron chi connectivity index (χ0n) is 13.9. The Hall–Kier alpha value is -3.42. The van der Waals surface area contributed by atoms with E-state index in [1.165, 1.54) is 0 Å². The van der Waals surface area contributed by atoms with Crippen molar-refractivity contribution in [3.05, 3.63) is 83.7 Å². The number of para-hydroxylation sites is 1. The summed E-state index contributed by atoms with van der Waals surface area (Å²) in [6.07, 6.45) is -3.50. The van der Waals surface area contributed by atoms with Crippen LogP contribution in [0, 0.1) is 0 Å². The Morgan fingerprint density at radius 1 is 0.963 bits per heavy atom. The van der Waals surface area contributed by atoms with Crippen LogP contribution in [0.15, 0.2) is 66.9 Å².